The zero-order chi connectivity index (χ0) is 23.4. The van der Waals surface area contributed by atoms with Gasteiger partial charge in [-0.25, -0.2) is 4.79 Å². The molecule has 0 fully saturated rings. The zero-order valence-corrected chi connectivity index (χ0v) is 19.9. The lowest BCUT2D eigenvalue weighted by Gasteiger charge is -2.22. The van der Waals surface area contributed by atoms with Crippen LogP contribution in [0.4, 0.5) is 9.80 Å². The van der Waals surface area contributed by atoms with Crippen LogP contribution in [0.1, 0.15) is 39.4 Å². The standard InChI is InChI=1S/C23H23N5O3S2/c1-14-9-16(28(2)27-14)12-25-23(30)31-17-4-5-18-19(11-24)22(33-20(18)10-17)26-21(29)6-3-15-7-8-32-13-15/h3,6-9,13,17H,4-5,10,12H2,1-2H3,(H,25,30)(H,26,29). The van der Waals surface area contributed by atoms with Crippen molar-refractivity contribution in [3.05, 3.63) is 61.9 Å². The minimum Gasteiger partial charge on any atom is -0.446 e. The van der Waals surface area contributed by atoms with Gasteiger partial charge in [0.15, 0.2) is 0 Å². The van der Waals surface area contributed by atoms with E-state index in [1.165, 1.54) is 17.4 Å². The molecule has 0 radical (unpaired) electrons. The predicted molar refractivity (Wildman–Crippen MR) is 128 cm³/mol. The first-order chi connectivity index (χ1) is 15.9. The van der Waals surface area contributed by atoms with Gasteiger partial charge in [-0.2, -0.15) is 21.7 Å². The fourth-order valence-corrected chi connectivity index (χ4v) is 5.64. The highest BCUT2D eigenvalue weighted by molar-refractivity contribution is 7.16. The molecule has 0 saturated heterocycles. The molecule has 2 N–H and O–H groups in total. The van der Waals surface area contributed by atoms with E-state index in [0.717, 1.165) is 27.4 Å². The Hall–Kier alpha value is -3.42. The summed E-state index contributed by atoms with van der Waals surface area (Å²) in [5.74, 6) is -0.283. The summed E-state index contributed by atoms with van der Waals surface area (Å²) in [5, 5.41) is 23.9. The fraction of sp³-hybridized carbons (Fsp3) is 0.304. The first-order valence-corrected chi connectivity index (χ1v) is 12.2. The molecule has 33 heavy (non-hydrogen) atoms. The van der Waals surface area contributed by atoms with Crippen molar-refractivity contribution in [2.24, 2.45) is 7.05 Å². The molecule has 0 aliphatic heterocycles. The highest BCUT2D eigenvalue weighted by Crippen LogP contribution is 2.38. The summed E-state index contributed by atoms with van der Waals surface area (Å²) in [4.78, 5) is 25.6. The zero-order valence-electron chi connectivity index (χ0n) is 18.3. The number of thiophene rings is 2. The molecule has 4 rings (SSSR count). The molecule has 2 amide bonds. The van der Waals surface area contributed by atoms with Crippen LogP contribution in [-0.2, 0) is 36.0 Å². The molecule has 1 aliphatic carbocycles. The summed E-state index contributed by atoms with van der Waals surface area (Å²) in [6.45, 7) is 2.23. The number of fused-ring (bicyclic) bond motifs is 1. The van der Waals surface area contributed by atoms with Gasteiger partial charge < -0.3 is 15.4 Å². The number of anilines is 1. The average Bonchev–Trinajstić information content (AvgIpc) is 3.49. The molecular weight excluding hydrogens is 458 g/mol. The Bertz CT molecular complexity index is 1230. The fourth-order valence-electron chi connectivity index (χ4n) is 3.74. The molecule has 1 atom stereocenters. The van der Waals surface area contributed by atoms with Gasteiger partial charge in [-0.3, -0.25) is 9.48 Å². The maximum absolute atomic E-state index is 12.3. The molecule has 3 aromatic rings. The second-order valence-corrected chi connectivity index (χ2v) is 9.61. The van der Waals surface area contributed by atoms with Gasteiger partial charge in [-0.05, 0) is 59.9 Å². The number of alkyl carbamates (subject to hydrolysis) is 1. The van der Waals surface area contributed by atoms with E-state index in [1.807, 2.05) is 36.9 Å². The highest BCUT2D eigenvalue weighted by Gasteiger charge is 2.28. The summed E-state index contributed by atoms with van der Waals surface area (Å²) in [6, 6.07) is 6.06. The van der Waals surface area contributed by atoms with Crippen molar-refractivity contribution in [3.63, 3.8) is 0 Å². The van der Waals surface area contributed by atoms with E-state index in [2.05, 4.69) is 21.8 Å². The Balaban J connectivity index is 1.36. The third-order valence-electron chi connectivity index (χ3n) is 5.33. The topological polar surface area (TPSA) is 109 Å². The number of nitriles is 1. The molecule has 0 saturated carbocycles. The number of carbonyl (C=O) groups is 2. The van der Waals surface area contributed by atoms with Gasteiger partial charge in [-0.15, -0.1) is 11.3 Å². The van der Waals surface area contributed by atoms with Crippen molar-refractivity contribution < 1.29 is 14.3 Å². The quantitative estimate of drug-likeness (QED) is 0.514. The lowest BCUT2D eigenvalue weighted by Crippen LogP contribution is -2.32. The van der Waals surface area contributed by atoms with Gasteiger partial charge in [-0.1, -0.05) is 0 Å². The Kier molecular flexibility index (Phi) is 6.91. The first-order valence-electron chi connectivity index (χ1n) is 10.4. The minimum absolute atomic E-state index is 0.280. The summed E-state index contributed by atoms with van der Waals surface area (Å²) < 4.78 is 7.33. The minimum atomic E-state index is -0.480. The number of ether oxygens (including phenoxy) is 1. The SMILES string of the molecule is Cc1cc(CNC(=O)OC2CCc3c(sc(NC(=O)C=Cc4ccsc4)c3C#N)C2)n(C)n1. The Labute approximate surface area is 199 Å². The maximum Gasteiger partial charge on any atom is 0.407 e. The Morgan fingerprint density at radius 1 is 1.45 bits per heavy atom. The van der Waals surface area contributed by atoms with Gasteiger partial charge >= 0.3 is 6.09 Å². The number of amides is 2. The summed E-state index contributed by atoms with van der Waals surface area (Å²) >= 11 is 2.93. The molecule has 1 unspecified atom stereocenters. The van der Waals surface area contributed by atoms with Gasteiger partial charge in [0.1, 0.15) is 17.2 Å². The van der Waals surface area contributed by atoms with Gasteiger partial charge in [0, 0.05) is 24.4 Å². The van der Waals surface area contributed by atoms with E-state index < -0.39 is 6.09 Å². The van der Waals surface area contributed by atoms with Crippen LogP contribution < -0.4 is 10.6 Å². The molecule has 170 valence electrons. The number of hydrogen-bond acceptors (Lipinski definition) is 7. The second kappa shape index (κ2) is 10.0. The van der Waals surface area contributed by atoms with E-state index in [9.17, 15) is 14.9 Å². The molecule has 1 aliphatic rings. The van der Waals surface area contributed by atoms with Crippen LogP contribution in [0.25, 0.3) is 6.08 Å². The molecule has 0 aromatic carbocycles. The van der Waals surface area contributed by atoms with Gasteiger partial charge in [0.05, 0.1) is 23.5 Å². The van der Waals surface area contributed by atoms with Crippen LogP contribution in [0.2, 0.25) is 0 Å². The second-order valence-electron chi connectivity index (χ2n) is 7.72. The molecule has 8 nitrogen and oxygen atoms in total. The lowest BCUT2D eigenvalue weighted by molar-refractivity contribution is -0.111. The third kappa shape index (κ3) is 5.50. The van der Waals surface area contributed by atoms with E-state index in [4.69, 9.17) is 4.74 Å². The van der Waals surface area contributed by atoms with Crippen LogP contribution in [0.3, 0.4) is 0 Å². The average molecular weight is 482 g/mol. The van der Waals surface area contributed by atoms with E-state index in [0.29, 0.717) is 36.4 Å². The number of aryl methyl sites for hydroxylation is 2. The number of hydrogen-bond donors (Lipinski definition) is 2. The highest BCUT2D eigenvalue weighted by atomic mass is 32.1. The molecule has 0 bridgehead atoms. The smallest absolute Gasteiger partial charge is 0.407 e. The largest absolute Gasteiger partial charge is 0.446 e. The summed E-state index contributed by atoms with van der Waals surface area (Å²) in [5.41, 5.74) is 4.17. The van der Waals surface area contributed by atoms with Crippen LogP contribution in [0.15, 0.2) is 29.0 Å². The molecule has 3 aromatic heterocycles. The third-order valence-corrected chi connectivity index (χ3v) is 7.20. The van der Waals surface area contributed by atoms with Crippen molar-refractivity contribution >= 4 is 45.8 Å². The lowest BCUT2D eigenvalue weighted by atomic mass is 9.94. The number of carbonyl (C=O) groups excluding carboxylic acids is 2. The van der Waals surface area contributed by atoms with E-state index >= 15 is 0 Å². The normalized spacial score (nSPS) is 15.1. The predicted octanol–water partition coefficient (Wildman–Crippen LogP) is 4.16. The Morgan fingerprint density at radius 2 is 2.30 bits per heavy atom. The first kappa shape index (κ1) is 22.8. The Morgan fingerprint density at radius 3 is 3.00 bits per heavy atom. The summed E-state index contributed by atoms with van der Waals surface area (Å²) in [7, 11) is 1.83. The number of rotatable bonds is 6. The maximum atomic E-state index is 12.3. The van der Waals surface area contributed by atoms with Gasteiger partial charge in [0.2, 0.25) is 5.91 Å². The number of aromatic nitrogens is 2. The van der Waals surface area contributed by atoms with Crippen LogP contribution in [0, 0.1) is 18.3 Å². The molecule has 10 heteroatoms. The van der Waals surface area contributed by atoms with Crippen molar-refractivity contribution in [1.82, 2.24) is 15.1 Å². The van der Waals surface area contributed by atoms with Crippen LogP contribution in [0.5, 0.6) is 0 Å². The van der Waals surface area contributed by atoms with Crippen molar-refractivity contribution in [2.45, 2.75) is 38.8 Å². The molecule has 0 spiro atoms. The van der Waals surface area contributed by atoms with Crippen LogP contribution >= 0.6 is 22.7 Å². The molecule has 3 heterocycles. The monoisotopic (exact) mass is 481 g/mol. The van der Waals surface area contributed by atoms with Crippen molar-refractivity contribution in [1.29, 1.82) is 5.26 Å². The van der Waals surface area contributed by atoms with Gasteiger partial charge in [0.25, 0.3) is 0 Å². The number of nitrogens with zero attached hydrogens (tertiary/aromatic N) is 3. The van der Waals surface area contributed by atoms with Crippen molar-refractivity contribution in [2.75, 3.05) is 5.32 Å². The van der Waals surface area contributed by atoms with Crippen LogP contribution in [-0.4, -0.2) is 27.9 Å². The van der Waals surface area contributed by atoms with E-state index in [1.54, 1.807) is 22.1 Å². The van der Waals surface area contributed by atoms with Crippen molar-refractivity contribution in [3.8, 4) is 6.07 Å². The van der Waals surface area contributed by atoms with E-state index in [-0.39, 0.29) is 12.0 Å². The number of nitrogens with one attached hydrogen (secondary N) is 2. The summed E-state index contributed by atoms with van der Waals surface area (Å²) in [6.07, 6.45) is 4.20. The molecular formula is C23H23N5O3S2.